The minimum Gasteiger partial charge on any atom is -0.496 e. The number of fused-ring (bicyclic) bond motifs is 1. The van der Waals surface area contributed by atoms with E-state index in [0.29, 0.717) is 11.3 Å². The Balaban J connectivity index is 2.34. The van der Waals surface area contributed by atoms with E-state index in [4.69, 9.17) is 4.74 Å². The Kier molecular flexibility index (Phi) is 3.55. The molecule has 1 aliphatic rings. The van der Waals surface area contributed by atoms with Crippen LogP contribution in [0, 0.1) is 0 Å². The normalized spacial score (nSPS) is 16.7. The number of nitrogens with zero attached hydrogens (tertiary/aromatic N) is 2. The van der Waals surface area contributed by atoms with E-state index in [9.17, 15) is 14.4 Å². The summed E-state index contributed by atoms with van der Waals surface area (Å²) in [5.74, 6) is 0.163. The third-order valence-electron chi connectivity index (χ3n) is 4.21. The highest BCUT2D eigenvalue weighted by molar-refractivity contribution is 5.94. The van der Waals surface area contributed by atoms with Gasteiger partial charge in [-0.05, 0) is 6.07 Å². The third kappa shape index (κ3) is 2.25. The number of aromatic nitrogens is 2. The fraction of sp³-hybridized carbons (Fsp3) is 0.312. The van der Waals surface area contributed by atoms with Gasteiger partial charge in [0.1, 0.15) is 11.6 Å². The molecule has 1 aromatic carbocycles. The number of rotatable bonds is 2. The molecule has 7 nitrogen and oxygen atoms in total. The largest absolute Gasteiger partial charge is 0.496 e. The van der Waals surface area contributed by atoms with Crippen LogP contribution in [0.15, 0.2) is 33.9 Å². The molecule has 0 saturated heterocycles. The molecule has 23 heavy (non-hydrogen) atoms. The van der Waals surface area contributed by atoms with Crippen molar-refractivity contribution >= 4 is 11.7 Å². The van der Waals surface area contributed by atoms with Crippen molar-refractivity contribution < 1.29 is 9.53 Å². The fourth-order valence-corrected chi connectivity index (χ4v) is 3.03. The smallest absolute Gasteiger partial charge is 0.332 e. The minimum atomic E-state index is -0.477. The zero-order valence-electron chi connectivity index (χ0n) is 13.1. The zero-order chi connectivity index (χ0) is 16.7. The van der Waals surface area contributed by atoms with E-state index in [-0.39, 0.29) is 18.1 Å². The van der Waals surface area contributed by atoms with E-state index in [2.05, 4.69) is 5.32 Å². The van der Waals surface area contributed by atoms with Gasteiger partial charge in [0.15, 0.2) is 0 Å². The molecule has 7 heteroatoms. The van der Waals surface area contributed by atoms with E-state index in [1.165, 1.54) is 18.7 Å². The second kappa shape index (κ2) is 5.42. The van der Waals surface area contributed by atoms with Crippen molar-refractivity contribution in [2.24, 2.45) is 14.1 Å². The summed E-state index contributed by atoms with van der Waals surface area (Å²) in [4.78, 5) is 36.8. The Hall–Kier alpha value is -2.83. The molecule has 0 fully saturated rings. The molecule has 1 N–H and O–H groups in total. The molecule has 1 aromatic heterocycles. The van der Waals surface area contributed by atoms with Crippen LogP contribution in [0.2, 0.25) is 0 Å². The van der Waals surface area contributed by atoms with Gasteiger partial charge in [-0.1, -0.05) is 18.2 Å². The van der Waals surface area contributed by atoms with Crippen LogP contribution in [0.3, 0.4) is 0 Å². The first-order valence-electron chi connectivity index (χ1n) is 7.18. The summed E-state index contributed by atoms with van der Waals surface area (Å²) in [6.07, 6.45) is 0.126. The maximum atomic E-state index is 12.6. The molecule has 0 bridgehead atoms. The van der Waals surface area contributed by atoms with Gasteiger partial charge in [-0.3, -0.25) is 18.7 Å². The lowest BCUT2D eigenvalue weighted by molar-refractivity contribution is -0.116. The number of hydrogen-bond acceptors (Lipinski definition) is 4. The number of benzene rings is 1. The highest BCUT2D eigenvalue weighted by atomic mass is 16.5. The maximum Gasteiger partial charge on any atom is 0.332 e. The molecule has 120 valence electrons. The van der Waals surface area contributed by atoms with Gasteiger partial charge in [0.25, 0.3) is 5.56 Å². The Morgan fingerprint density at radius 1 is 1.13 bits per heavy atom. The number of nitrogens with one attached hydrogen (secondary N) is 1. The average molecular weight is 315 g/mol. The van der Waals surface area contributed by atoms with Crippen molar-refractivity contribution in [3.8, 4) is 5.75 Å². The van der Waals surface area contributed by atoms with E-state index < -0.39 is 17.2 Å². The molecule has 0 radical (unpaired) electrons. The Morgan fingerprint density at radius 3 is 2.52 bits per heavy atom. The highest BCUT2D eigenvalue weighted by Crippen LogP contribution is 2.38. The van der Waals surface area contributed by atoms with Crippen LogP contribution in [0.5, 0.6) is 5.75 Å². The quantitative estimate of drug-likeness (QED) is 0.878. The lowest BCUT2D eigenvalue weighted by atomic mass is 9.86. The third-order valence-corrected chi connectivity index (χ3v) is 4.21. The predicted molar refractivity (Wildman–Crippen MR) is 85.0 cm³/mol. The number of ether oxygens (including phenoxy) is 1. The van der Waals surface area contributed by atoms with Crippen LogP contribution in [-0.4, -0.2) is 22.2 Å². The number of carbonyl (C=O) groups excluding carboxylic acids is 1. The van der Waals surface area contributed by atoms with Crippen molar-refractivity contribution in [2.75, 3.05) is 12.4 Å². The van der Waals surface area contributed by atoms with E-state index in [1.807, 2.05) is 18.2 Å². The molecule has 2 aromatic rings. The molecular formula is C16H17N3O4. The summed E-state index contributed by atoms with van der Waals surface area (Å²) >= 11 is 0. The Bertz CT molecular complexity index is 911. The molecule has 0 aliphatic carbocycles. The van der Waals surface area contributed by atoms with Gasteiger partial charge < -0.3 is 10.1 Å². The van der Waals surface area contributed by atoms with Crippen molar-refractivity contribution in [3.05, 3.63) is 56.2 Å². The van der Waals surface area contributed by atoms with Crippen LogP contribution in [-0.2, 0) is 18.9 Å². The van der Waals surface area contributed by atoms with Gasteiger partial charge in [0.05, 0.1) is 12.7 Å². The molecule has 1 aliphatic heterocycles. The number of para-hydroxylation sites is 1. The lowest BCUT2D eigenvalue weighted by Gasteiger charge is -2.27. The summed E-state index contributed by atoms with van der Waals surface area (Å²) < 4.78 is 7.71. The van der Waals surface area contributed by atoms with E-state index in [1.54, 1.807) is 13.2 Å². The van der Waals surface area contributed by atoms with Crippen molar-refractivity contribution in [2.45, 2.75) is 12.3 Å². The first-order chi connectivity index (χ1) is 11.0. The SMILES string of the molecule is COc1ccccc1[C@H]1CC(=O)Nc2c1c(=O)n(C)c(=O)n2C. The van der Waals surface area contributed by atoms with Gasteiger partial charge in [-0.25, -0.2) is 4.79 Å². The van der Waals surface area contributed by atoms with Crippen LogP contribution in [0.4, 0.5) is 5.82 Å². The van der Waals surface area contributed by atoms with Gasteiger partial charge in [-0.2, -0.15) is 0 Å². The molecule has 3 rings (SSSR count). The van der Waals surface area contributed by atoms with E-state index >= 15 is 0 Å². The first-order valence-corrected chi connectivity index (χ1v) is 7.18. The molecular weight excluding hydrogens is 298 g/mol. The molecule has 0 unspecified atom stereocenters. The molecule has 2 heterocycles. The average Bonchev–Trinajstić information content (AvgIpc) is 2.57. The lowest BCUT2D eigenvalue weighted by Crippen LogP contribution is -2.44. The van der Waals surface area contributed by atoms with Crippen molar-refractivity contribution in [1.82, 2.24) is 9.13 Å². The van der Waals surface area contributed by atoms with Gasteiger partial charge in [0, 0.05) is 32.0 Å². The number of amides is 1. The molecule has 0 saturated carbocycles. The number of carbonyl (C=O) groups is 1. The second-order valence-electron chi connectivity index (χ2n) is 5.51. The number of methoxy groups -OCH3 is 1. The predicted octanol–water partition coefficient (Wildman–Crippen LogP) is 0.567. The summed E-state index contributed by atoms with van der Waals surface area (Å²) in [5, 5.41) is 2.64. The van der Waals surface area contributed by atoms with Crippen molar-refractivity contribution in [3.63, 3.8) is 0 Å². The Morgan fingerprint density at radius 2 is 1.83 bits per heavy atom. The maximum absolute atomic E-state index is 12.6. The van der Waals surface area contributed by atoms with Gasteiger partial charge >= 0.3 is 5.69 Å². The van der Waals surface area contributed by atoms with Crippen LogP contribution in [0.25, 0.3) is 0 Å². The monoisotopic (exact) mass is 315 g/mol. The summed E-state index contributed by atoms with van der Waals surface area (Å²) in [6, 6.07) is 7.27. The first kappa shape index (κ1) is 15.1. The standard InChI is InChI=1S/C16H17N3O4/c1-18-14-13(15(21)19(2)16(18)22)10(8-12(20)17-14)9-6-4-5-7-11(9)23-3/h4-7,10H,8H2,1-3H3,(H,17,20)/t10-/m1/s1. The Labute approximate surface area is 132 Å². The zero-order valence-corrected chi connectivity index (χ0v) is 13.1. The fourth-order valence-electron chi connectivity index (χ4n) is 3.03. The van der Waals surface area contributed by atoms with Crippen LogP contribution < -0.4 is 21.3 Å². The number of hydrogen-bond donors (Lipinski definition) is 1. The van der Waals surface area contributed by atoms with Crippen LogP contribution >= 0.6 is 0 Å². The van der Waals surface area contributed by atoms with Gasteiger partial charge in [0.2, 0.25) is 5.91 Å². The summed E-state index contributed by atoms with van der Waals surface area (Å²) in [5.41, 5.74) is 0.272. The van der Waals surface area contributed by atoms with Crippen molar-refractivity contribution in [1.29, 1.82) is 0 Å². The van der Waals surface area contributed by atoms with Gasteiger partial charge in [-0.15, -0.1) is 0 Å². The molecule has 1 atom stereocenters. The molecule has 1 amide bonds. The minimum absolute atomic E-state index is 0.126. The highest BCUT2D eigenvalue weighted by Gasteiger charge is 2.33. The summed E-state index contributed by atoms with van der Waals surface area (Å²) in [7, 11) is 4.51. The molecule has 0 spiro atoms. The topological polar surface area (TPSA) is 82.3 Å². The number of anilines is 1. The summed E-state index contributed by atoms with van der Waals surface area (Å²) in [6.45, 7) is 0. The van der Waals surface area contributed by atoms with Crippen LogP contribution in [0.1, 0.15) is 23.5 Å². The van der Waals surface area contributed by atoms with E-state index in [0.717, 1.165) is 10.1 Å². The second-order valence-corrected chi connectivity index (χ2v) is 5.51.